The first-order valence-electron chi connectivity index (χ1n) is 6.22. The molecule has 3 N–H and O–H groups in total. The van der Waals surface area contributed by atoms with Crippen molar-refractivity contribution in [1.82, 2.24) is 4.98 Å². The normalized spacial score (nSPS) is 18.3. The second-order valence-electron chi connectivity index (χ2n) is 5.03. The van der Waals surface area contributed by atoms with Gasteiger partial charge >= 0.3 is 0 Å². The van der Waals surface area contributed by atoms with E-state index in [0.29, 0.717) is 5.41 Å². The molecule has 1 aliphatic carbocycles. The summed E-state index contributed by atoms with van der Waals surface area (Å²) in [4.78, 5) is 4.50. The highest BCUT2D eigenvalue weighted by molar-refractivity contribution is 9.10. The molecule has 0 aromatic carbocycles. The van der Waals surface area contributed by atoms with Crippen molar-refractivity contribution in [2.45, 2.75) is 32.6 Å². The van der Waals surface area contributed by atoms with E-state index in [9.17, 15) is 0 Å². The van der Waals surface area contributed by atoms with E-state index in [2.05, 4.69) is 26.2 Å². The van der Waals surface area contributed by atoms with Gasteiger partial charge in [-0.05, 0) is 59.8 Å². The summed E-state index contributed by atoms with van der Waals surface area (Å²) in [6.45, 7) is 3.72. The minimum atomic E-state index is 0.294. The lowest BCUT2D eigenvalue weighted by atomic mass is 9.86. The van der Waals surface area contributed by atoms with Crippen LogP contribution >= 0.6 is 15.9 Å². The Morgan fingerprint density at radius 3 is 2.71 bits per heavy atom. The van der Waals surface area contributed by atoms with Gasteiger partial charge in [-0.2, -0.15) is 0 Å². The number of hydrogen-bond donors (Lipinski definition) is 2. The Hall–Kier alpha value is -0.610. The number of pyridine rings is 1. The second-order valence-corrected chi connectivity index (χ2v) is 5.88. The van der Waals surface area contributed by atoms with Gasteiger partial charge in [-0.1, -0.05) is 12.8 Å². The standard InChI is InChI=1S/C13H20BrN3/c1-10-11(14)4-5-12(17-10)16-9-13(8-15)6-2-3-7-13/h4-5H,2-3,6-9,15H2,1H3,(H,16,17). The third-order valence-corrected chi connectivity index (χ3v) is 4.60. The number of aromatic nitrogens is 1. The molecule has 3 nitrogen and oxygen atoms in total. The molecule has 1 fully saturated rings. The van der Waals surface area contributed by atoms with Gasteiger partial charge in [-0.3, -0.25) is 0 Å². The highest BCUT2D eigenvalue weighted by Gasteiger charge is 2.32. The third-order valence-electron chi connectivity index (χ3n) is 3.76. The van der Waals surface area contributed by atoms with Gasteiger partial charge in [0, 0.05) is 11.0 Å². The first-order valence-corrected chi connectivity index (χ1v) is 7.02. The predicted octanol–water partition coefficient (Wildman–Crippen LogP) is 3.08. The summed E-state index contributed by atoms with van der Waals surface area (Å²) < 4.78 is 1.05. The van der Waals surface area contributed by atoms with E-state index in [1.54, 1.807) is 0 Å². The maximum absolute atomic E-state index is 5.92. The Bertz CT molecular complexity index is 386. The van der Waals surface area contributed by atoms with Crippen LogP contribution < -0.4 is 11.1 Å². The van der Waals surface area contributed by atoms with Gasteiger partial charge in [0.1, 0.15) is 5.82 Å². The van der Waals surface area contributed by atoms with Crippen LogP contribution in [0, 0.1) is 12.3 Å². The Morgan fingerprint density at radius 2 is 2.12 bits per heavy atom. The van der Waals surface area contributed by atoms with E-state index in [1.165, 1.54) is 25.7 Å². The SMILES string of the molecule is Cc1nc(NCC2(CN)CCCC2)ccc1Br. The third kappa shape index (κ3) is 2.99. The summed E-state index contributed by atoms with van der Waals surface area (Å²) >= 11 is 3.46. The molecule has 1 aliphatic rings. The van der Waals surface area contributed by atoms with Crippen molar-refractivity contribution in [3.05, 3.63) is 22.3 Å². The zero-order valence-corrected chi connectivity index (χ0v) is 11.9. The van der Waals surface area contributed by atoms with E-state index < -0.39 is 0 Å². The van der Waals surface area contributed by atoms with Crippen molar-refractivity contribution < 1.29 is 0 Å². The van der Waals surface area contributed by atoms with Crippen LogP contribution in [0.2, 0.25) is 0 Å². The second kappa shape index (κ2) is 5.36. The van der Waals surface area contributed by atoms with E-state index in [-0.39, 0.29) is 0 Å². The molecule has 0 spiro atoms. The van der Waals surface area contributed by atoms with Crippen LogP contribution in [-0.2, 0) is 0 Å². The molecule has 1 aromatic rings. The number of rotatable bonds is 4. The highest BCUT2D eigenvalue weighted by atomic mass is 79.9. The Kier molecular flexibility index (Phi) is 4.05. The van der Waals surface area contributed by atoms with Crippen LogP contribution in [0.5, 0.6) is 0 Å². The van der Waals surface area contributed by atoms with Crippen molar-refractivity contribution in [3.63, 3.8) is 0 Å². The minimum Gasteiger partial charge on any atom is -0.369 e. The van der Waals surface area contributed by atoms with Crippen LogP contribution in [0.4, 0.5) is 5.82 Å². The summed E-state index contributed by atoms with van der Waals surface area (Å²) in [5, 5.41) is 3.43. The van der Waals surface area contributed by atoms with Crippen LogP contribution in [0.25, 0.3) is 0 Å². The lowest BCUT2D eigenvalue weighted by molar-refractivity contribution is 0.332. The van der Waals surface area contributed by atoms with Crippen molar-refractivity contribution >= 4 is 21.7 Å². The van der Waals surface area contributed by atoms with Crippen LogP contribution in [0.1, 0.15) is 31.4 Å². The molecule has 94 valence electrons. The first-order chi connectivity index (χ1) is 8.15. The maximum atomic E-state index is 5.92. The van der Waals surface area contributed by atoms with Crippen LogP contribution in [0.15, 0.2) is 16.6 Å². The Labute approximate surface area is 111 Å². The molecule has 1 saturated carbocycles. The van der Waals surface area contributed by atoms with Crippen LogP contribution in [0.3, 0.4) is 0 Å². The smallest absolute Gasteiger partial charge is 0.126 e. The molecule has 2 rings (SSSR count). The van der Waals surface area contributed by atoms with Gasteiger partial charge in [0.15, 0.2) is 0 Å². The topological polar surface area (TPSA) is 50.9 Å². The fourth-order valence-electron chi connectivity index (χ4n) is 2.50. The number of nitrogens with two attached hydrogens (primary N) is 1. The summed E-state index contributed by atoms with van der Waals surface area (Å²) in [5.41, 5.74) is 7.23. The molecule has 0 saturated heterocycles. The average molecular weight is 298 g/mol. The number of halogens is 1. The summed E-state index contributed by atoms with van der Waals surface area (Å²) in [5.74, 6) is 0.949. The molecule has 1 aromatic heterocycles. The van der Waals surface area contributed by atoms with E-state index in [4.69, 9.17) is 5.73 Å². The summed E-state index contributed by atoms with van der Waals surface area (Å²) in [7, 11) is 0. The maximum Gasteiger partial charge on any atom is 0.126 e. The van der Waals surface area contributed by atoms with E-state index in [0.717, 1.165) is 29.1 Å². The summed E-state index contributed by atoms with van der Waals surface area (Å²) in [6, 6.07) is 4.05. The average Bonchev–Trinajstić information content (AvgIpc) is 2.80. The van der Waals surface area contributed by atoms with Crippen molar-refractivity contribution in [2.24, 2.45) is 11.1 Å². The number of nitrogens with zero attached hydrogens (tertiary/aromatic N) is 1. The van der Waals surface area contributed by atoms with Crippen molar-refractivity contribution in [3.8, 4) is 0 Å². The van der Waals surface area contributed by atoms with E-state index >= 15 is 0 Å². The molecule has 0 radical (unpaired) electrons. The lowest BCUT2D eigenvalue weighted by Gasteiger charge is -2.27. The molecule has 0 atom stereocenters. The Balaban J connectivity index is 1.99. The fourth-order valence-corrected chi connectivity index (χ4v) is 2.72. The number of hydrogen-bond acceptors (Lipinski definition) is 3. The molecule has 0 aliphatic heterocycles. The van der Waals surface area contributed by atoms with Gasteiger partial charge in [0.2, 0.25) is 0 Å². The van der Waals surface area contributed by atoms with Crippen molar-refractivity contribution in [1.29, 1.82) is 0 Å². The van der Waals surface area contributed by atoms with Gasteiger partial charge < -0.3 is 11.1 Å². The largest absolute Gasteiger partial charge is 0.369 e. The van der Waals surface area contributed by atoms with Crippen LogP contribution in [-0.4, -0.2) is 18.1 Å². The van der Waals surface area contributed by atoms with Crippen molar-refractivity contribution in [2.75, 3.05) is 18.4 Å². The fraction of sp³-hybridized carbons (Fsp3) is 0.615. The zero-order chi connectivity index (χ0) is 12.3. The quantitative estimate of drug-likeness (QED) is 0.898. The molecule has 0 amide bonds. The Morgan fingerprint density at radius 1 is 1.41 bits per heavy atom. The van der Waals surface area contributed by atoms with E-state index in [1.807, 2.05) is 19.1 Å². The molecule has 1 heterocycles. The molecule has 0 bridgehead atoms. The monoisotopic (exact) mass is 297 g/mol. The highest BCUT2D eigenvalue weighted by Crippen LogP contribution is 2.37. The molecular weight excluding hydrogens is 278 g/mol. The van der Waals surface area contributed by atoms with Gasteiger partial charge in [-0.25, -0.2) is 4.98 Å². The van der Waals surface area contributed by atoms with Gasteiger partial charge in [0.25, 0.3) is 0 Å². The molecule has 17 heavy (non-hydrogen) atoms. The molecule has 4 heteroatoms. The molecular formula is C13H20BrN3. The minimum absolute atomic E-state index is 0.294. The molecule has 0 unspecified atom stereocenters. The van der Waals surface area contributed by atoms with Gasteiger partial charge in [0.05, 0.1) is 5.69 Å². The predicted molar refractivity (Wildman–Crippen MR) is 75.1 cm³/mol. The first kappa shape index (κ1) is 12.8. The number of aryl methyl sites for hydroxylation is 1. The number of nitrogens with one attached hydrogen (secondary N) is 1. The lowest BCUT2D eigenvalue weighted by Crippen LogP contribution is -2.34. The summed E-state index contributed by atoms with van der Waals surface area (Å²) in [6.07, 6.45) is 5.11. The number of anilines is 1. The van der Waals surface area contributed by atoms with Gasteiger partial charge in [-0.15, -0.1) is 0 Å². The zero-order valence-electron chi connectivity index (χ0n) is 10.3.